The van der Waals surface area contributed by atoms with Crippen molar-refractivity contribution in [2.24, 2.45) is 5.92 Å². The maximum Gasteiger partial charge on any atom is 0.271 e. The van der Waals surface area contributed by atoms with Crippen LogP contribution in [-0.4, -0.2) is 24.6 Å². The summed E-state index contributed by atoms with van der Waals surface area (Å²) in [5.41, 5.74) is 0.705. The zero-order valence-electron chi connectivity index (χ0n) is 9.99. The molecular formula is C12H16ClN3O2. The van der Waals surface area contributed by atoms with Gasteiger partial charge >= 0.3 is 0 Å². The average molecular weight is 270 g/mol. The summed E-state index contributed by atoms with van der Waals surface area (Å²) in [5.74, 6) is 0.599. The first-order chi connectivity index (χ1) is 8.66. The second kappa shape index (κ2) is 6.02. The Balaban J connectivity index is 1.99. The fourth-order valence-corrected chi connectivity index (χ4v) is 2.29. The maximum absolute atomic E-state index is 10.7. The van der Waals surface area contributed by atoms with E-state index in [4.69, 9.17) is 11.6 Å². The quantitative estimate of drug-likeness (QED) is 0.651. The van der Waals surface area contributed by atoms with Gasteiger partial charge in [-0.15, -0.1) is 0 Å². The minimum absolute atomic E-state index is 0.0622. The highest BCUT2D eigenvalue weighted by Gasteiger charge is 2.14. The third-order valence-electron chi connectivity index (χ3n) is 3.20. The number of hydrogen-bond acceptors (Lipinski definition) is 4. The third-order valence-corrected chi connectivity index (χ3v) is 3.53. The lowest BCUT2D eigenvalue weighted by Crippen LogP contribution is -2.31. The Kier molecular flexibility index (Phi) is 4.38. The summed E-state index contributed by atoms with van der Waals surface area (Å²) in [6.45, 7) is 2.88. The fourth-order valence-electron chi connectivity index (χ4n) is 2.10. The summed E-state index contributed by atoms with van der Waals surface area (Å²) < 4.78 is 0. The molecule has 1 aliphatic rings. The standard InChI is InChI=1S/C12H16ClN3O2/c13-11-2-1-10(16(17)18)7-12(11)15-8-9-3-5-14-6-4-9/h1-2,7,9,14-15H,3-6,8H2. The molecule has 1 aromatic rings. The molecule has 0 saturated carbocycles. The number of nitro groups is 1. The van der Waals surface area contributed by atoms with E-state index >= 15 is 0 Å². The van der Waals surface area contributed by atoms with Gasteiger partial charge in [-0.25, -0.2) is 0 Å². The predicted molar refractivity (Wildman–Crippen MR) is 72.2 cm³/mol. The molecule has 0 atom stereocenters. The van der Waals surface area contributed by atoms with Gasteiger partial charge in [0, 0.05) is 18.7 Å². The van der Waals surface area contributed by atoms with E-state index < -0.39 is 4.92 Å². The highest BCUT2D eigenvalue weighted by atomic mass is 35.5. The lowest BCUT2D eigenvalue weighted by atomic mass is 9.98. The minimum atomic E-state index is -0.411. The average Bonchev–Trinajstić information content (AvgIpc) is 2.38. The third kappa shape index (κ3) is 3.34. The van der Waals surface area contributed by atoms with Crippen molar-refractivity contribution in [3.05, 3.63) is 33.3 Å². The normalized spacial score (nSPS) is 16.5. The van der Waals surface area contributed by atoms with Crippen LogP contribution in [-0.2, 0) is 0 Å². The fraction of sp³-hybridized carbons (Fsp3) is 0.500. The van der Waals surface area contributed by atoms with Gasteiger partial charge in [-0.3, -0.25) is 10.1 Å². The molecule has 1 aromatic carbocycles. The molecule has 2 N–H and O–H groups in total. The Labute approximate surface area is 111 Å². The van der Waals surface area contributed by atoms with Crippen molar-refractivity contribution in [3.8, 4) is 0 Å². The topological polar surface area (TPSA) is 67.2 Å². The van der Waals surface area contributed by atoms with Crippen molar-refractivity contribution in [1.29, 1.82) is 0 Å². The Morgan fingerprint density at radius 2 is 2.17 bits per heavy atom. The summed E-state index contributed by atoms with van der Waals surface area (Å²) in [6.07, 6.45) is 2.25. The molecule has 0 spiro atoms. The zero-order chi connectivity index (χ0) is 13.0. The van der Waals surface area contributed by atoms with Gasteiger partial charge in [0.25, 0.3) is 5.69 Å². The summed E-state index contributed by atoms with van der Waals surface area (Å²) in [4.78, 5) is 10.3. The molecule has 6 heteroatoms. The summed E-state index contributed by atoms with van der Waals surface area (Å²) in [5, 5.41) is 17.7. The van der Waals surface area contributed by atoms with E-state index in [2.05, 4.69) is 10.6 Å². The van der Waals surface area contributed by atoms with Gasteiger partial charge in [-0.05, 0) is 37.9 Å². The predicted octanol–water partition coefficient (Wildman–Crippen LogP) is 2.66. The molecule has 0 aromatic heterocycles. The van der Waals surface area contributed by atoms with E-state index in [9.17, 15) is 10.1 Å². The first-order valence-corrected chi connectivity index (χ1v) is 6.43. The largest absolute Gasteiger partial charge is 0.383 e. The van der Waals surface area contributed by atoms with Crippen LogP contribution in [0.1, 0.15) is 12.8 Å². The van der Waals surface area contributed by atoms with Gasteiger partial charge in [0.2, 0.25) is 0 Å². The van der Waals surface area contributed by atoms with Gasteiger partial charge in [0.15, 0.2) is 0 Å². The second-order valence-electron chi connectivity index (χ2n) is 4.50. The van der Waals surface area contributed by atoms with Crippen molar-refractivity contribution in [2.75, 3.05) is 25.0 Å². The van der Waals surface area contributed by atoms with E-state index in [1.165, 1.54) is 12.1 Å². The number of rotatable bonds is 4. The van der Waals surface area contributed by atoms with Crippen molar-refractivity contribution in [3.63, 3.8) is 0 Å². The lowest BCUT2D eigenvalue weighted by molar-refractivity contribution is -0.384. The van der Waals surface area contributed by atoms with Gasteiger partial charge in [0.05, 0.1) is 15.6 Å². The molecule has 18 heavy (non-hydrogen) atoms. The van der Waals surface area contributed by atoms with E-state index in [-0.39, 0.29) is 5.69 Å². The van der Waals surface area contributed by atoms with Crippen LogP contribution in [0, 0.1) is 16.0 Å². The number of nitrogens with one attached hydrogen (secondary N) is 2. The number of benzene rings is 1. The molecule has 0 aliphatic carbocycles. The first kappa shape index (κ1) is 13.1. The summed E-state index contributed by atoms with van der Waals surface area (Å²) in [6, 6.07) is 4.46. The van der Waals surface area contributed by atoms with Crippen molar-refractivity contribution >= 4 is 23.0 Å². The Hall–Kier alpha value is -1.33. The maximum atomic E-state index is 10.7. The molecule has 0 unspecified atom stereocenters. The molecule has 2 rings (SSSR count). The van der Waals surface area contributed by atoms with Crippen LogP contribution in [0.3, 0.4) is 0 Å². The number of anilines is 1. The van der Waals surface area contributed by atoms with Crippen LogP contribution in [0.25, 0.3) is 0 Å². The number of nitrogens with zero attached hydrogens (tertiary/aromatic N) is 1. The summed E-state index contributed by atoms with van der Waals surface area (Å²) >= 11 is 6.02. The molecule has 1 heterocycles. The Bertz CT molecular complexity index is 433. The Morgan fingerprint density at radius 1 is 1.44 bits per heavy atom. The minimum Gasteiger partial charge on any atom is -0.383 e. The van der Waals surface area contributed by atoms with Crippen LogP contribution < -0.4 is 10.6 Å². The van der Waals surface area contributed by atoms with E-state index in [1.54, 1.807) is 6.07 Å². The van der Waals surface area contributed by atoms with Crippen LogP contribution in [0.2, 0.25) is 5.02 Å². The molecule has 0 amide bonds. The number of non-ortho nitro benzene ring substituents is 1. The van der Waals surface area contributed by atoms with Gasteiger partial charge < -0.3 is 10.6 Å². The van der Waals surface area contributed by atoms with Gasteiger partial charge in [-0.2, -0.15) is 0 Å². The van der Waals surface area contributed by atoms with E-state index in [0.717, 1.165) is 32.5 Å². The first-order valence-electron chi connectivity index (χ1n) is 6.05. The smallest absolute Gasteiger partial charge is 0.271 e. The Morgan fingerprint density at radius 3 is 2.83 bits per heavy atom. The number of hydrogen-bond donors (Lipinski definition) is 2. The van der Waals surface area contributed by atoms with Crippen molar-refractivity contribution in [2.45, 2.75) is 12.8 Å². The van der Waals surface area contributed by atoms with E-state index in [0.29, 0.717) is 16.6 Å². The van der Waals surface area contributed by atoms with Gasteiger partial charge in [0.1, 0.15) is 0 Å². The molecule has 5 nitrogen and oxygen atoms in total. The molecule has 0 radical (unpaired) electrons. The molecular weight excluding hydrogens is 254 g/mol. The molecule has 1 fully saturated rings. The van der Waals surface area contributed by atoms with Gasteiger partial charge in [-0.1, -0.05) is 11.6 Å². The monoisotopic (exact) mass is 269 g/mol. The molecule has 0 bridgehead atoms. The highest BCUT2D eigenvalue weighted by molar-refractivity contribution is 6.33. The number of piperidine rings is 1. The SMILES string of the molecule is O=[N+]([O-])c1ccc(Cl)c(NCC2CCNCC2)c1. The summed E-state index contributed by atoms with van der Waals surface area (Å²) in [7, 11) is 0. The zero-order valence-corrected chi connectivity index (χ0v) is 10.7. The molecule has 1 aliphatic heterocycles. The molecule has 1 saturated heterocycles. The second-order valence-corrected chi connectivity index (χ2v) is 4.90. The van der Waals surface area contributed by atoms with Crippen LogP contribution >= 0.6 is 11.6 Å². The lowest BCUT2D eigenvalue weighted by Gasteiger charge is -2.23. The van der Waals surface area contributed by atoms with Crippen LogP contribution in [0.4, 0.5) is 11.4 Å². The van der Waals surface area contributed by atoms with Crippen molar-refractivity contribution < 1.29 is 4.92 Å². The van der Waals surface area contributed by atoms with Crippen LogP contribution in [0.15, 0.2) is 18.2 Å². The van der Waals surface area contributed by atoms with E-state index in [1.807, 2.05) is 0 Å². The number of halogens is 1. The van der Waals surface area contributed by atoms with Crippen LogP contribution in [0.5, 0.6) is 0 Å². The number of nitro benzene ring substituents is 1. The molecule has 98 valence electrons. The van der Waals surface area contributed by atoms with Crippen molar-refractivity contribution in [1.82, 2.24) is 5.32 Å². The highest BCUT2D eigenvalue weighted by Crippen LogP contribution is 2.27.